The van der Waals surface area contributed by atoms with Gasteiger partial charge in [-0.3, -0.25) is 9.36 Å². The molecule has 252 valence electrons. The third-order valence-corrected chi connectivity index (χ3v) is 7.68. The summed E-state index contributed by atoms with van der Waals surface area (Å²) in [5, 5.41) is 1.25. The standard InChI is InChI=1S/C28H35ClFN5O10S/c1-7-42-25(38)28(26(39)43-8-2,10-15-9-17(46-12-15)24(37)41-6)44-11-16(40-5)19(45-23(36)14(3)4)20(30)35-13-32-18-21(31)33-27(29)34-22(18)35/h9,12-14,16,19-20H,7-8,10-11H2,1-6H3,(H2,31,33,34)/t16-,19-,20-/m1/s1. The second-order valence-corrected chi connectivity index (χ2v) is 11.2. The minimum atomic E-state index is -2.44. The van der Waals surface area contributed by atoms with E-state index in [1.54, 1.807) is 13.8 Å². The molecule has 3 atom stereocenters. The summed E-state index contributed by atoms with van der Waals surface area (Å²) in [7, 11) is 2.40. The number of nitrogens with two attached hydrogens (primary N) is 1. The minimum Gasteiger partial charge on any atom is -0.465 e. The van der Waals surface area contributed by atoms with Gasteiger partial charge in [0.2, 0.25) is 11.6 Å². The maximum absolute atomic E-state index is 16.5. The number of hydrogen-bond acceptors (Lipinski definition) is 15. The molecule has 0 unspecified atom stereocenters. The van der Waals surface area contributed by atoms with Crippen LogP contribution in [-0.4, -0.2) is 95.2 Å². The van der Waals surface area contributed by atoms with Crippen LogP contribution in [0.15, 0.2) is 17.8 Å². The van der Waals surface area contributed by atoms with Gasteiger partial charge in [-0.15, -0.1) is 11.3 Å². The molecule has 0 spiro atoms. The van der Waals surface area contributed by atoms with Gasteiger partial charge in [-0.05, 0) is 42.5 Å². The number of aromatic nitrogens is 4. The van der Waals surface area contributed by atoms with Crippen molar-refractivity contribution in [3.05, 3.63) is 33.5 Å². The number of methoxy groups -OCH3 is 2. The Hall–Kier alpha value is -3.93. The lowest BCUT2D eigenvalue weighted by Gasteiger charge is -2.33. The summed E-state index contributed by atoms with van der Waals surface area (Å²) in [5.74, 6) is -4.42. The first-order valence-corrected chi connectivity index (χ1v) is 15.3. The summed E-state index contributed by atoms with van der Waals surface area (Å²) in [6.45, 7) is 5.19. The molecule has 0 aromatic carbocycles. The van der Waals surface area contributed by atoms with Crippen LogP contribution in [0.5, 0.6) is 0 Å². The van der Waals surface area contributed by atoms with Crippen LogP contribution in [0, 0.1) is 5.92 Å². The molecule has 3 aromatic heterocycles. The number of hydrogen-bond donors (Lipinski definition) is 1. The van der Waals surface area contributed by atoms with Crippen molar-refractivity contribution in [2.24, 2.45) is 5.92 Å². The van der Waals surface area contributed by atoms with Crippen molar-refractivity contribution >= 4 is 63.8 Å². The molecule has 3 rings (SSSR count). The monoisotopic (exact) mass is 687 g/mol. The average Bonchev–Trinajstić information content (AvgIpc) is 3.66. The SMILES string of the molecule is CCOC(=O)C(Cc1csc(C(=O)OC)c1)(OC[C@@H](OC)[C@@H](OC(=O)C(C)C)[C@H](F)n1cnc2c(N)nc(Cl)nc21)C(=O)OCC. The summed E-state index contributed by atoms with van der Waals surface area (Å²) in [6, 6.07) is 1.43. The van der Waals surface area contributed by atoms with Crippen LogP contribution in [-0.2, 0) is 49.2 Å². The lowest BCUT2D eigenvalue weighted by Crippen LogP contribution is -2.55. The molecule has 15 nitrogen and oxygen atoms in total. The van der Waals surface area contributed by atoms with Gasteiger partial charge in [0.05, 0.1) is 39.2 Å². The number of rotatable bonds is 16. The van der Waals surface area contributed by atoms with Gasteiger partial charge >= 0.3 is 23.9 Å². The lowest BCUT2D eigenvalue weighted by molar-refractivity contribution is -0.203. The van der Waals surface area contributed by atoms with E-state index in [0.717, 1.165) is 22.2 Å². The lowest BCUT2D eigenvalue weighted by atomic mass is 9.95. The Morgan fingerprint density at radius 2 is 1.76 bits per heavy atom. The maximum atomic E-state index is 16.5. The minimum absolute atomic E-state index is 0.0388. The molecule has 46 heavy (non-hydrogen) atoms. The van der Waals surface area contributed by atoms with E-state index in [9.17, 15) is 19.2 Å². The quantitative estimate of drug-likeness (QED) is 0.0999. The van der Waals surface area contributed by atoms with Gasteiger partial charge in [-0.1, -0.05) is 13.8 Å². The van der Waals surface area contributed by atoms with Gasteiger partial charge < -0.3 is 34.2 Å². The number of anilines is 1. The van der Waals surface area contributed by atoms with Crippen LogP contribution in [0.25, 0.3) is 11.2 Å². The fraction of sp³-hybridized carbons (Fsp3) is 0.536. The van der Waals surface area contributed by atoms with E-state index in [1.165, 1.54) is 39.5 Å². The Bertz CT molecular complexity index is 1530. The van der Waals surface area contributed by atoms with Crippen molar-refractivity contribution in [2.45, 2.75) is 58.2 Å². The summed E-state index contributed by atoms with van der Waals surface area (Å²) in [6.07, 6.45) is -4.78. The first-order chi connectivity index (χ1) is 21.8. The van der Waals surface area contributed by atoms with E-state index in [-0.39, 0.29) is 40.4 Å². The number of nitrogen functional groups attached to an aromatic ring is 1. The largest absolute Gasteiger partial charge is 0.465 e. The molecule has 0 amide bonds. The molecule has 0 saturated carbocycles. The fourth-order valence-electron chi connectivity index (χ4n) is 4.21. The highest BCUT2D eigenvalue weighted by atomic mass is 35.5. The Kier molecular flexibility index (Phi) is 12.8. The Labute approximate surface area is 272 Å². The predicted octanol–water partition coefficient (Wildman–Crippen LogP) is 3.09. The fourth-order valence-corrected chi connectivity index (χ4v) is 5.21. The molecule has 0 saturated heterocycles. The Morgan fingerprint density at radius 1 is 1.11 bits per heavy atom. The Balaban J connectivity index is 2.06. The van der Waals surface area contributed by atoms with Gasteiger partial charge in [0.15, 0.2) is 17.6 Å². The first kappa shape index (κ1) is 36.5. The van der Waals surface area contributed by atoms with Crippen molar-refractivity contribution in [1.29, 1.82) is 0 Å². The van der Waals surface area contributed by atoms with Crippen molar-refractivity contribution in [2.75, 3.05) is 39.8 Å². The predicted molar refractivity (Wildman–Crippen MR) is 162 cm³/mol. The second-order valence-electron chi connectivity index (χ2n) is 9.97. The van der Waals surface area contributed by atoms with Crippen molar-refractivity contribution in [1.82, 2.24) is 19.5 Å². The number of ether oxygens (including phenoxy) is 6. The molecular formula is C28H35ClFN5O10S. The normalized spacial score (nSPS) is 13.7. The second kappa shape index (κ2) is 16.1. The zero-order chi connectivity index (χ0) is 34.2. The summed E-state index contributed by atoms with van der Waals surface area (Å²) >= 11 is 6.97. The number of esters is 4. The molecule has 18 heteroatoms. The number of halogens is 2. The molecule has 0 radical (unpaired) electrons. The van der Waals surface area contributed by atoms with Crippen LogP contribution in [0.1, 0.15) is 49.2 Å². The molecule has 0 fully saturated rings. The number of alkyl halides is 1. The molecule has 3 aromatic rings. The van der Waals surface area contributed by atoms with Crippen LogP contribution in [0.4, 0.5) is 10.2 Å². The summed E-state index contributed by atoms with van der Waals surface area (Å²) in [4.78, 5) is 63.8. The van der Waals surface area contributed by atoms with Crippen LogP contribution >= 0.6 is 22.9 Å². The number of carbonyl (C=O) groups excluding carboxylic acids is 4. The number of imidazole rings is 1. The number of thiophene rings is 1. The van der Waals surface area contributed by atoms with E-state index in [1.807, 2.05) is 0 Å². The molecule has 0 bridgehead atoms. The van der Waals surface area contributed by atoms with Gasteiger partial charge in [-0.2, -0.15) is 9.97 Å². The van der Waals surface area contributed by atoms with Crippen LogP contribution in [0.2, 0.25) is 5.28 Å². The number of nitrogens with zero attached hydrogens (tertiary/aromatic N) is 4. The van der Waals surface area contributed by atoms with Crippen molar-refractivity contribution < 1.29 is 52.0 Å². The number of carbonyl (C=O) groups is 4. The summed E-state index contributed by atoms with van der Waals surface area (Å²) in [5.41, 5.74) is 3.71. The molecule has 0 aliphatic rings. The van der Waals surface area contributed by atoms with E-state index in [0.29, 0.717) is 5.56 Å². The first-order valence-electron chi connectivity index (χ1n) is 14.0. The van der Waals surface area contributed by atoms with Gasteiger partial charge in [0.25, 0.3) is 5.60 Å². The topological polar surface area (TPSA) is 193 Å². The molecule has 3 heterocycles. The number of fused-ring (bicyclic) bond motifs is 1. The van der Waals surface area contributed by atoms with E-state index in [2.05, 4.69) is 15.0 Å². The highest BCUT2D eigenvalue weighted by Crippen LogP contribution is 2.31. The highest BCUT2D eigenvalue weighted by molar-refractivity contribution is 7.12. The van der Waals surface area contributed by atoms with Crippen molar-refractivity contribution in [3.8, 4) is 0 Å². The third-order valence-electron chi connectivity index (χ3n) is 6.55. The molecule has 0 aliphatic heterocycles. The van der Waals surface area contributed by atoms with E-state index < -0.39 is 66.9 Å². The third kappa shape index (κ3) is 8.07. The van der Waals surface area contributed by atoms with Gasteiger partial charge in [0, 0.05) is 13.5 Å². The van der Waals surface area contributed by atoms with Gasteiger partial charge in [-0.25, -0.2) is 23.8 Å². The van der Waals surface area contributed by atoms with Crippen LogP contribution in [0.3, 0.4) is 0 Å². The summed E-state index contributed by atoms with van der Waals surface area (Å²) < 4.78 is 49.6. The van der Waals surface area contributed by atoms with Gasteiger partial charge in [0.1, 0.15) is 16.5 Å². The zero-order valence-corrected chi connectivity index (χ0v) is 27.6. The van der Waals surface area contributed by atoms with Crippen LogP contribution < -0.4 is 5.73 Å². The van der Waals surface area contributed by atoms with E-state index in [4.69, 9.17) is 45.8 Å². The highest BCUT2D eigenvalue weighted by Gasteiger charge is 2.52. The smallest absolute Gasteiger partial charge is 0.350 e. The Morgan fingerprint density at radius 3 is 2.33 bits per heavy atom. The molecule has 0 aliphatic carbocycles. The average molecular weight is 688 g/mol. The maximum Gasteiger partial charge on any atom is 0.350 e. The van der Waals surface area contributed by atoms with E-state index >= 15 is 4.39 Å². The molecular weight excluding hydrogens is 653 g/mol. The zero-order valence-electron chi connectivity index (χ0n) is 26.0. The van der Waals surface area contributed by atoms with Crippen molar-refractivity contribution in [3.63, 3.8) is 0 Å². The molecule has 2 N–H and O–H groups in total.